The van der Waals surface area contributed by atoms with Crippen LogP contribution in [-0.4, -0.2) is 16.0 Å². The topological polar surface area (TPSA) is 40.5 Å². The van der Waals surface area contributed by atoms with Gasteiger partial charge in [0.05, 0.1) is 0 Å². The van der Waals surface area contributed by atoms with E-state index in [4.69, 9.17) is 0 Å². The molecule has 0 saturated heterocycles. The molecule has 0 aromatic rings. The SMILES string of the molecule is CC1(C)CCC(O)(O)[C@@]2(C)C1CC[C@H]1[C@@H]3CCC[C@@]3(C)CC[C@@H]12. The van der Waals surface area contributed by atoms with Crippen LogP contribution in [0.5, 0.6) is 0 Å². The van der Waals surface area contributed by atoms with Crippen molar-refractivity contribution in [2.75, 3.05) is 0 Å². The summed E-state index contributed by atoms with van der Waals surface area (Å²) in [5.74, 6) is 1.05. The van der Waals surface area contributed by atoms with Crippen molar-refractivity contribution in [3.05, 3.63) is 0 Å². The number of aliphatic hydroxyl groups is 2. The molecule has 4 rings (SSSR count). The van der Waals surface area contributed by atoms with Gasteiger partial charge >= 0.3 is 0 Å². The molecule has 0 radical (unpaired) electrons. The summed E-state index contributed by atoms with van der Waals surface area (Å²) in [7, 11) is 0. The van der Waals surface area contributed by atoms with Crippen LogP contribution in [0.3, 0.4) is 0 Å². The van der Waals surface area contributed by atoms with Crippen LogP contribution >= 0.6 is 0 Å². The summed E-state index contributed by atoms with van der Waals surface area (Å²) >= 11 is 0. The summed E-state index contributed by atoms with van der Waals surface area (Å²) in [5, 5.41) is 22.1. The van der Waals surface area contributed by atoms with Gasteiger partial charge in [0, 0.05) is 11.8 Å². The van der Waals surface area contributed by atoms with Crippen molar-refractivity contribution in [1.29, 1.82) is 0 Å². The van der Waals surface area contributed by atoms with Crippen LogP contribution in [-0.2, 0) is 0 Å². The molecular weight excluding hydrogens is 284 g/mol. The van der Waals surface area contributed by atoms with Gasteiger partial charge in [-0.2, -0.15) is 0 Å². The standard InChI is InChI=1S/C21H36O2/c1-18(2)12-13-21(22,23)20(4)16-9-11-19(3)10-5-6-15(19)14(16)7-8-17(18)20/h14-17,22-23H,5-13H2,1-4H3/t14-,15-,16-,17?,19-,20+/m0/s1. The molecule has 2 heteroatoms. The third-order valence-electron chi connectivity index (χ3n) is 9.43. The number of fused-ring (bicyclic) bond motifs is 5. The lowest BCUT2D eigenvalue weighted by atomic mass is 9.40. The Morgan fingerprint density at radius 1 is 0.739 bits per heavy atom. The Hall–Kier alpha value is -0.0800. The second-order valence-electron chi connectivity index (χ2n) is 10.7. The lowest BCUT2D eigenvalue weighted by molar-refractivity contribution is -0.331. The summed E-state index contributed by atoms with van der Waals surface area (Å²) < 4.78 is 0. The zero-order chi connectivity index (χ0) is 16.7. The highest BCUT2D eigenvalue weighted by Gasteiger charge is 2.67. The molecule has 0 bridgehead atoms. The van der Waals surface area contributed by atoms with E-state index in [-0.39, 0.29) is 10.8 Å². The van der Waals surface area contributed by atoms with Crippen LogP contribution < -0.4 is 0 Å². The first-order valence-electron chi connectivity index (χ1n) is 10.1. The monoisotopic (exact) mass is 320 g/mol. The molecule has 1 unspecified atom stereocenters. The van der Waals surface area contributed by atoms with Gasteiger partial charge < -0.3 is 10.2 Å². The second-order valence-corrected chi connectivity index (χ2v) is 10.7. The fourth-order valence-electron chi connectivity index (χ4n) is 8.06. The van der Waals surface area contributed by atoms with E-state index >= 15 is 0 Å². The smallest absolute Gasteiger partial charge is 0.168 e. The lowest BCUT2D eigenvalue weighted by Gasteiger charge is -2.66. The molecule has 0 heterocycles. The Kier molecular flexibility index (Phi) is 3.39. The number of rotatable bonds is 0. The van der Waals surface area contributed by atoms with Gasteiger partial charge in [0.1, 0.15) is 0 Å². The van der Waals surface area contributed by atoms with Crippen molar-refractivity contribution >= 4 is 0 Å². The van der Waals surface area contributed by atoms with E-state index in [0.29, 0.717) is 23.7 Å². The summed E-state index contributed by atoms with van der Waals surface area (Å²) in [6.45, 7) is 9.50. The van der Waals surface area contributed by atoms with Gasteiger partial charge in [-0.3, -0.25) is 0 Å². The fraction of sp³-hybridized carbons (Fsp3) is 1.00. The molecule has 4 saturated carbocycles. The predicted molar refractivity (Wildman–Crippen MR) is 92.7 cm³/mol. The van der Waals surface area contributed by atoms with Gasteiger partial charge in [0.2, 0.25) is 0 Å². The largest absolute Gasteiger partial charge is 0.365 e. The average Bonchev–Trinajstić information content (AvgIpc) is 2.86. The second kappa shape index (κ2) is 4.75. The minimum Gasteiger partial charge on any atom is -0.365 e. The van der Waals surface area contributed by atoms with Crippen molar-refractivity contribution in [3.8, 4) is 0 Å². The van der Waals surface area contributed by atoms with E-state index in [1.54, 1.807) is 0 Å². The molecule has 6 atom stereocenters. The van der Waals surface area contributed by atoms with E-state index in [2.05, 4.69) is 27.7 Å². The van der Waals surface area contributed by atoms with Crippen LogP contribution in [0.1, 0.15) is 85.5 Å². The molecule has 4 aliphatic rings. The zero-order valence-electron chi connectivity index (χ0n) is 15.6. The van der Waals surface area contributed by atoms with Crippen LogP contribution in [0.4, 0.5) is 0 Å². The van der Waals surface area contributed by atoms with E-state index in [1.165, 1.54) is 44.9 Å². The lowest BCUT2D eigenvalue weighted by Crippen LogP contribution is -2.66. The summed E-state index contributed by atoms with van der Waals surface area (Å²) in [6, 6.07) is 0. The Morgan fingerprint density at radius 3 is 2.22 bits per heavy atom. The molecule has 0 spiro atoms. The maximum absolute atomic E-state index is 11.1. The van der Waals surface area contributed by atoms with Crippen molar-refractivity contribution < 1.29 is 10.2 Å². The molecular formula is C21H36O2. The first kappa shape index (κ1) is 16.4. The van der Waals surface area contributed by atoms with E-state index in [9.17, 15) is 10.2 Å². The molecule has 0 amide bonds. The predicted octanol–water partition coefficient (Wildman–Crippen LogP) is 4.74. The Balaban J connectivity index is 1.75. The number of hydrogen-bond acceptors (Lipinski definition) is 2. The molecule has 4 aliphatic carbocycles. The highest BCUT2D eigenvalue weighted by atomic mass is 16.5. The van der Waals surface area contributed by atoms with Crippen LogP contribution in [0, 0.1) is 39.9 Å². The molecule has 0 aliphatic heterocycles. The van der Waals surface area contributed by atoms with Crippen molar-refractivity contribution in [2.24, 2.45) is 39.9 Å². The highest BCUT2D eigenvalue weighted by molar-refractivity contribution is 5.13. The van der Waals surface area contributed by atoms with Crippen LogP contribution in [0.2, 0.25) is 0 Å². The van der Waals surface area contributed by atoms with Gasteiger partial charge in [0.25, 0.3) is 0 Å². The van der Waals surface area contributed by atoms with Crippen molar-refractivity contribution in [1.82, 2.24) is 0 Å². The van der Waals surface area contributed by atoms with Gasteiger partial charge in [-0.1, -0.05) is 34.1 Å². The molecule has 2 nitrogen and oxygen atoms in total. The first-order chi connectivity index (χ1) is 10.6. The molecule has 132 valence electrons. The first-order valence-corrected chi connectivity index (χ1v) is 10.1. The van der Waals surface area contributed by atoms with Gasteiger partial charge in [-0.25, -0.2) is 0 Å². The molecule has 2 N–H and O–H groups in total. The molecule has 0 aromatic carbocycles. The zero-order valence-corrected chi connectivity index (χ0v) is 15.6. The minimum absolute atomic E-state index is 0.241. The average molecular weight is 321 g/mol. The number of hydrogen-bond donors (Lipinski definition) is 2. The van der Waals surface area contributed by atoms with Crippen molar-refractivity contribution in [3.63, 3.8) is 0 Å². The third kappa shape index (κ3) is 2.00. The van der Waals surface area contributed by atoms with Crippen LogP contribution in [0.25, 0.3) is 0 Å². The third-order valence-corrected chi connectivity index (χ3v) is 9.43. The normalized spacial score (nSPS) is 54.0. The van der Waals surface area contributed by atoms with E-state index in [1.807, 2.05) is 0 Å². The van der Waals surface area contributed by atoms with E-state index in [0.717, 1.165) is 18.3 Å². The Labute approximate surface area is 142 Å². The maximum atomic E-state index is 11.1. The van der Waals surface area contributed by atoms with Crippen molar-refractivity contribution in [2.45, 2.75) is 91.3 Å². The highest BCUT2D eigenvalue weighted by Crippen LogP contribution is 2.70. The van der Waals surface area contributed by atoms with Gasteiger partial charge in [-0.05, 0) is 79.4 Å². The Bertz CT molecular complexity index is 496. The summed E-state index contributed by atoms with van der Waals surface area (Å²) in [4.78, 5) is 0. The van der Waals surface area contributed by atoms with Crippen LogP contribution in [0.15, 0.2) is 0 Å². The van der Waals surface area contributed by atoms with Gasteiger partial charge in [0.15, 0.2) is 5.79 Å². The fourth-order valence-corrected chi connectivity index (χ4v) is 8.06. The quantitative estimate of drug-likeness (QED) is 0.633. The molecule has 23 heavy (non-hydrogen) atoms. The summed E-state index contributed by atoms with van der Waals surface area (Å²) in [6.07, 6.45) is 10.7. The molecule has 0 aromatic heterocycles. The maximum Gasteiger partial charge on any atom is 0.168 e. The molecule has 4 fully saturated rings. The van der Waals surface area contributed by atoms with Gasteiger partial charge in [-0.15, -0.1) is 0 Å². The Morgan fingerprint density at radius 2 is 1.48 bits per heavy atom. The summed E-state index contributed by atoms with van der Waals surface area (Å²) in [5.41, 5.74) is 0.467. The van der Waals surface area contributed by atoms with E-state index < -0.39 is 5.79 Å². The minimum atomic E-state index is -1.47.